The Hall–Kier alpha value is -2.44. The third-order valence-electron chi connectivity index (χ3n) is 4.64. The molecule has 0 saturated carbocycles. The number of aliphatic imine (C=N–C) groups is 1. The van der Waals surface area contributed by atoms with E-state index in [4.69, 9.17) is 19.2 Å². The molecule has 7 nitrogen and oxygen atoms in total. The molecule has 0 spiro atoms. The summed E-state index contributed by atoms with van der Waals surface area (Å²) in [7, 11) is 1.65. The number of rotatable bonds is 9. The molecule has 1 aromatic carbocycles. The third kappa shape index (κ3) is 6.94. The van der Waals surface area contributed by atoms with Gasteiger partial charge >= 0.3 is 5.97 Å². The molecule has 0 bridgehead atoms. The van der Waals surface area contributed by atoms with Crippen molar-refractivity contribution in [3.05, 3.63) is 24.3 Å². The Labute approximate surface area is 168 Å². The summed E-state index contributed by atoms with van der Waals surface area (Å²) in [6.07, 6.45) is 2.45. The van der Waals surface area contributed by atoms with Crippen molar-refractivity contribution >= 4 is 11.9 Å². The molecular weight excluding hydrogens is 358 g/mol. The number of methoxy groups -OCH3 is 1. The first-order chi connectivity index (χ1) is 13.7. The summed E-state index contributed by atoms with van der Waals surface area (Å²) in [6, 6.07) is 7.58. The van der Waals surface area contributed by atoms with Gasteiger partial charge in [0, 0.05) is 32.6 Å². The fraction of sp³-hybridized carbons (Fsp3) is 0.619. The number of esters is 1. The molecule has 1 fully saturated rings. The van der Waals surface area contributed by atoms with Crippen molar-refractivity contribution in [2.24, 2.45) is 10.9 Å². The van der Waals surface area contributed by atoms with Gasteiger partial charge in [0.25, 0.3) is 0 Å². The van der Waals surface area contributed by atoms with E-state index in [-0.39, 0.29) is 11.9 Å². The zero-order chi connectivity index (χ0) is 20.2. The lowest BCUT2D eigenvalue weighted by molar-refractivity contribution is -0.149. The van der Waals surface area contributed by atoms with Crippen molar-refractivity contribution < 1.29 is 19.0 Å². The summed E-state index contributed by atoms with van der Waals surface area (Å²) >= 11 is 0. The predicted octanol–water partition coefficient (Wildman–Crippen LogP) is 2.70. The Kier molecular flexibility index (Phi) is 9.45. The fourth-order valence-corrected chi connectivity index (χ4v) is 3.12. The number of hydrogen-bond donors (Lipinski definition) is 1. The highest BCUT2D eigenvalue weighted by atomic mass is 16.5. The topological polar surface area (TPSA) is 72.4 Å². The van der Waals surface area contributed by atoms with Crippen LogP contribution in [0.2, 0.25) is 0 Å². The van der Waals surface area contributed by atoms with Crippen molar-refractivity contribution in [3.8, 4) is 11.5 Å². The highest BCUT2D eigenvalue weighted by Crippen LogP contribution is 2.19. The smallest absolute Gasteiger partial charge is 0.309 e. The van der Waals surface area contributed by atoms with Crippen molar-refractivity contribution in [1.29, 1.82) is 0 Å². The van der Waals surface area contributed by atoms with Gasteiger partial charge in [0.2, 0.25) is 0 Å². The van der Waals surface area contributed by atoms with Crippen molar-refractivity contribution in [2.45, 2.75) is 33.1 Å². The van der Waals surface area contributed by atoms with E-state index in [9.17, 15) is 4.79 Å². The van der Waals surface area contributed by atoms with Gasteiger partial charge < -0.3 is 24.4 Å². The van der Waals surface area contributed by atoms with Gasteiger partial charge in [-0.2, -0.15) is 0 Å². The van der Waals surface area contributed by atoms with Gasteiger partial charge in [-0.15, -0.1) is 0 Å². The Balaban J connectivity index is 1.75. The van der Waals surface area contributed by atoms with Crippen LogP contribution in [0.25, 0.3) is 0 Å². The first-order valence-corrected chi connectivity index (χ1v) is 10.1. The SMILES string of the molecule is CCNC(=NCCCOc1ccc(OC)cc1)N1CCC(C(=O)OCC)CC1. The molecule has 28 heavy (non-hydrogen) atoms. The quantitative estimate of drug-likeness (QED) is 0.302. The minimum atomic E-state index is -0.0697. The van der Waals surface area contributed by atoms with Crippen molar-refractivity contribution in [2.75, 3.05) is 46.5 Å². The Morgan fingerprint density at radius 2 is 1.86 bits per heavy atom. The molecule has 7 heteroatoms. The number of carbonyl (C=O) groups excluding carboxylic acids is 1. The van der Waals surface area contributed by atoms with E-state index in [0.29, 0.717) is 19.8 Å². The van der Waals surface area contributed by atoms with E-state index in [1.165, 1.54) is 0 Å². The van der Waals surface area contributed by atoms with Crippen LogP contribution in [-0.2, 0) is 9.53 Å². The van der Waals surface area contributed by atoms with Gasteiger partial charge in [-0.25, -0.2) is 0 Å². The number of benzene rings is 1. The third-order valence-corrected chi connectivity index (χ3v) is 4.64. The minimum absolute atomic E-state index is 0.0111. The predicted molar refractivity (Wildman–Crippen MR) is 110 cm³/mol. The van der Waals surface area contributed by atoms with Crippen LogP contribution >= 0.6 is 0 Å². The molecule has 0 aromatic heterocycles. The summed E-state index contributed by atoms with van der Waals surface area (Å²) < 4.78 is 16.0. The lowest BCUT2D eigenvalue weighted by Gasteiger charge is -2.33. The minimum Gasteiger partial charge on any atom is -0.497 e. The molecule has 1 saturated heterocycles. The van der Waals surface area contributed by atoms with Gasteiger partial charge in [0.15, 0.2) is 5.96 Å². The molecule has 1 aliphatic heterocycles. The maximum atomic E-state index is 11.9. The molecule has 2 rings (SSSR count). The van der Waals surface area contributed by atoms with Crippen LogP contribution in [0.15, 0.2) is 29.3 Å². The number of nitrogens with one attached hydrogen (secondary N) is 1. The zero-order valence-electron chi connectivity index (χ0n) is 17.3. The van der Waals surface area contributed by atoms with Crippen LogP contribution in [0.4, 0.5) is 0 Å². The number of nitrogens with zero attached hydrogens (tertiary/aromatic N) is 2. The molecule has 1 N–H and O–H groups in total. The first kappa shape index (κ1) is 21.9. The molecule has 0 unspecified atom stereocenters. The van der Waals surface area contributed by atoms with E-state index in [2.05, 4.69) is 17.1 Å². The molecule has 1 aromatic rings. The Bertz CT molecular complexity index is 611. The number of hydrogen-bond acceptors (Lipinski definition) is 5. The van der Waals surface area contributed by atoms with Gasteiger partial charge in [0.05, 0.1) is 26.2 Å². The van der Waals surface area contributed by atoms with Gasteiger partial charge in [0.1, 0.15) is 11.5 Å². The van der Waals surface area contributed by atoms with E-state index in [0.717, 1.165) is 56.4 Å². The molecule has 1 aliphatic rings. The second-order valence-corrected chi connectivity index (χ2v) is 6.63. The maximum Gasteiger partial charge on any atom is 0.309 e. The van der Waals surface area contributed by atoms with Crippen LogP contribution in [-0.4, -0.2) is 63.3 Å². The molecule has 0 atom stereocenters. The number of likely N-dealkylation sites (tertiary alicyclic amines) is 1. The summed E-state index contributed by atoms with van der Waals surface area (Å²) in [4.78, 5) is 18.8. The van der Waals surface area contributed by atoms with E-state index >= 15 is 0 Å². The van der Waals surface area contributed by atoms with E-state index in [1.54, 1.807) is 7.11 Å². The molecule has 0 amide bonds. The zero-order valence-corrected chi connectivity index (χ0v) is 17.3. The van der Waals surface area contributed by atoms with Crippen molar-refractivity contribution in [1.82, 2.24) is 10.2 Å². The summed E-state index contributed by atoms with van der Waals surface area (Å²) in [5.74, 6) is 2.50. The van der Waals surface area contributed by atoms with E-state index in [1.807, 2.05) is 31.2 Å². The van der Waals surface area contributed by atoms with Crippen molar-refractivity contribution in [3.63, 3.8) is 0 Å². The largest absolute Gasteiger partial charge is 0.497 e. The molecular formula is C21H33N3O4. The second kappa shape index (κ2) is 12.1. The lowest BCUT2D eigenvalue weighted by Crippen LogP contribution is -2.46. The highest BCUT2D eigenvalue weighted by molar-refractivity contribution is 5.80. The average molecular weight is 392 g/mol. The summed E-state index contributed by atoms with van der Waals surface area (Å²) in [5.41, 5.74) is 0. The van der Waals surface area contributed by atoms with Crippen LogP contribution in [0.5, 0.6) is 11.5 Å². The van der Waals surface area contributed by atoms with Crippen LogP contribution in [0, 0.1) is 5.92 Å². The number of carbonyl (C=O) groups is 1. The summed E-state index contributed by atoms with van der Waals surface area (Å²) in [5, 5.41) is 3.35. The maximum absolute atomic E-state index is 11.9. The lowest BCUT2D eigenvalue weighted by atomic mass is 9.97. The monoisotopic (exact) mass is 391 g/mol. The normalized spacial score (nSPS) is 15.2. The average Bonchev–Trinajstić information content (AvgIpc) is 2.73. The van der Waals surface area contributed by atoms with Gasteiger partial charge in [-0.05, 0) is 51.0 Å². The fourth-order valence-electron chi connectivity index (χ4n) is 3.12. The second-order valence-electron chi connectivity index (χ2n) is 6.63. The van der Waals surface area contributed by atoms with E-state index < -0.39 is 0 Å². The Morgan fingerprint density at radius 1 is 1.18 bits per heavy atom. The van der Waals surface area contributed by atoms with Gasteiger partial charge in [-0.1, -0.05) is 0 Å². The molecule has 0 aliphatic carbocycles. The summed E-state index contributed by atoms with van der Waals surface area (Å²) in [6.45, 7) is 8.11. The van der Waals surface area contributed by atoms with Crippen LogP contribution in [0.1, 0.15) is 33.1 Å². The standard InChI is InChI=1S/C21H33N3O4/c1-4-22-21(24-14-11-17(12-15-24)20(25)27-5-2)23-13-6-16-28-19-9-7-18(26-3)8-10-19/h7-10,17H,4-6,11-16H2,1-3H3,(H,22,23). The van der Waals surface area contributed by atoms with Crippen LogP contribution < -0.4 is 14.8 Å². The highest BCUT2D eigenvalue weighted by Gasteiger charge is 2.27. The number of piperidine rings is 1. The molecule has 0 radical (unpaired) electrons. The molecule has 156 valence electrons. The number of ether oxygens (including phenoxy) is 3. The number of guanidine groups is 1. The molecule has 1 heterocycles. The van der Waals surface area contributed by atoms with Crippen LogP contribution in [0.3, 0.4) is 0 Å². The first-order valence-electron chi connectivity index (χ1n) is 10.1. The van der Waals surface area contributed by atoms with Gasteiger partial charge in [-0.3, -0.25) is 9.79 Å². The Morgan fingerprint density at radius 3 is 2.46 bits per heavy atom.